The Morgan fingerprint density at radius 2 is 1.77 bits per heavy atom. The summed E-state index contributed by atoms with van der Waals surface area (Å²) < 4.78 is 0. The minimum atomic E-state index is 0.976. The number of aliphatic imine (C=N–C) groups is 1. The molecule has 3 rings (SSSR count). The van der Waals surface area contributed by atoms with Gasteiger partial charge in [0.1, 0.15) is 0 Å². The zero-order valence-corrected chi connectivity index (χ0v) is 13.6. The standard InChI is InChI=1S/C19H17N.C2H6/c1-15-13-16(19-12-8-4-7-11-18(15)19)14-20-17-9-5-2-3-6-10-17;1-2/h2,4-14H,3H2,1H3;1-2H3. The fourth-order valence-electron chi connectivity index (χ4n) is 2.44. The number of rotatable bonds is 2. The molecule has 0 bridgehead atoms. The highest BCUT2D eigenvalue weighted by molar-refractivity contribution is 5.94. The molecule has 3 aliphatic rings. The molecule has 0 fully saturated rings. The molecule has 0 aromatic rings. The van der Waals surface area contributed by atoms with Gasteiger partial charge in [-0.25, -0.2) is 0 Å². The monoisotopic (exact) mass is 289 g/mol. The molecule has 0 aliphatic heterocycles. The summed E-state index contributed by atoms with van der Waals surface area (Å²) in [6.07, 6.45) is 13.4. The van der Waals surface area contributed by atoms with Crippen LogP contribution in [-0.2, 0) is 0 Å². The second-order valence-electron chi connectivity index (χ2n) is 4.94. The van der Waals surface area contributed by atoms with Crippen molar-refractivity contribution in [2.45, 2.75) is 27.2 Å². The van der Waals surface area contributed by atoms with Crippen molar-refractivity contribution in [3.63, 3.8) is 0 Å². The molecule has 22 heavy (non-hydrogen) atoms. The van der Waals surface area contributed by atoms with Crippen molar-refractivity contribution in [1.29, 1.82) is 0 Å². The third kappa shape index (κ3) is 3.82. The first-order valence-electron chi connectivity index (χ1n) is 7.90. The molecule has 0 radical (unpaired) electrons. The van der Waals surface area contributed by atoms with Crippen LogP contribution < -0.4 is 0 Å². The molecule has 0 saturated carbocycles. The Hall–Kier alpha value is -2.41. The summed E-state index contributed by atoms with van der Waals surface area (Å²) >= 11 is 0. The normalized spacial score (nSPS) is 13.7. The van der Waals surface area contributed by atoms with E-state index in [1.807, 2.05) is 26.1 Å². The number of hydrogen-bond donors (Lipinski definition) is 0. The van der Waals surface area contributed by atoms with Crippen molar-refractivity contribution >= 4 is 6.21 Å². The average Bonchev–Trinajstić information content (AvgIpc) is 2.83. The molecule has 0 unspecified atom stereocenters. The zero-order valence-electron chi connectivity index (χ0n) is 13.6. The topological polar surface area (TPSA) is 12.4 Å². The Labute approximate surface area is 133 Å². The summed E-state index contributed by atoms with van der Waals surface area (Å²) in [6.45, 7) is 6.15. The zero-order chi connectivity index (χ0) is 15.8. The molecule has 3 aliphatic carbocycles. The van der Waals surface area contributed by atoms with Crippen LogP contribution in [0, 0.1) is 6.92 Å². The first kappa shape index (κ1) is 16.0. The second kappa shape index (κ2) is 8.14. The van der Waals surface area contributed by atoms with Crippen molar-refractivity contribution in [2.24, 2.45) is 4.99 Å². The minimum absolute atomic E-state index is 0.976. The van der Waals surface area contributed by atoms with Crippen LogP contribution in [0.1, 0.15) is 31.4 Å². The summed E-state index contributed by atoms with van der Waals surface area (Å²) in [5.74, 6) is 0. The number of hydrogen-bond acceptors (Lipinski definition) is 1. The van der Waals surface area contributed by atoms with Gasteiger partial charge >= 0.3 is 0 Å². The van der Waals surface area contributed by atoms with E-state index in [1.165, 1.54) is 22.3 Å². The Morgan fingerprint density at radius 3 is 2.59 bits per heavy atom. The fourth-order valence-corrected chi connectivity index (χ4v) is 2.44. The van der Waals surface area contributed by atoms with E-state index in [0.29, 0.717) is 0 Å². The van der Waals surface area contributed by atoms with Crippen LogP contribution in [0.25, 0.3) is 11.1 Å². The van der Waals surface area contributed by atoms with Gasteiger partial charge < -0.3 is 0 Å². The maximum absolute atomic E-state index is 4.60. The van der Waals surface area contributed by atoms with Gasteiger partial charge in [-0.1, -0.05) is 62.4 Å². The molecule has 0 aromatic heterocycles. The maximum Gasteiger partial charge on any atom is 0.0626 e. The Kier molecular flexibility index (Phi) is 5.91. The van der Waals surface area contributed by atoms with Crippen molar-refractivity contribution in [1.82, 2.24) is 0 Å². The quantitative estimate of drug-likeness (QED) is 0.606. The molecule has 0 N–H and O–H groups in total. The van der Waals surface area contributed by atoms with E-state index < -0.39 is 0 Å². The first-order chi connectivity index (χ1) is 10.8. The van der Waals surface area contributed by atoms with Gasteiger partial charge in [-0.15, -0.1) is 0 Å². The van der Waals surface area contributed by atoms with Gasteiger partial charge in [0.15, 0.2) is 0 Å². The lowest BCUT2D eigenvalue weighted by molar-refractivity contribution is 1.38. The van der Waals surface area contributed by atoms with E-state index in [2.05, 4.69) is 72.6 Å². The second-order valence-corrected chi connectivity index (χ2v) is 4.94. The summed E-state index contributed by atoms with van der Waals surface area (Å²) in [6, 6.07) is 12.7. The Balaban J connectivity index is 0.000000847. The summed E-state index contributed by atoms with van der Waals surface area (Å²) in [5.41, 5.74) is 6.01. The van der Waals surface area contributed by atoms with Gasteiger partial charge in [0.05, 0.1) is 5.70 Å². The molecule has 0 aromatic carbocycles. The first-order valence-corrected chi connectivity index (χ1v) is 7.90. The van der Waals surface area contributed by atoms with E-state index in [-0.39, 0.29) is 0 Å². The maximum atomic E-state index is 4.60. The molecular weight excluding hydrogens is 266 g/mol. The van der Waals surface area contributed by atoms with Gasteiger partial charge in [0.2, 0.25) is 0 Å². The molecule has 1 nitrogen and oxygen atoms in total. The summed E-state index contributed by atoms with van der Waals surface area (Å²) in [7, 11) is 0. The van der Waals surface area contributed by atoms with Crippen molar-refractivity contribution in [2.75, 3.05) is 0 Å². The van der Waals surface area contributed by atoms with E-state index in [1.54, 1.807) is 0 Å². The van der Waals surface area contributed by atoms with Crippen molar-refractivity contribution in [3.8, 4) is 11.1 Å². The van der Waals surface area contributed by atoms with Crippen LogP contribution in [-0.4, -0.2) is 6.21 Å². The lowest BCUT2D eigenvalue weighted by Gasteiger charge is -1.96. The highest BCUT2D eigenvalue weighted by atomic mass is 14.7. The Morgan fingerprint density at radius 1 is 1.00 bits per heavy atom. The smallest absolute Gasteiger partial charge is 0.0626 e. The molecule has 0 saturated heterocycles. The van der Waals surface area contributed by atoms with Crippen LogP contribution in [0.4, 0.5) is 0 Å². The van der Waals surface area contributed by atoms with Gasteiger partial charge in [0.25, 0.3) is 0 Å². The molecule has 0 spiro atoms. The third-order valence-corrected chi connectivity index (χ3v) is 3.46. The van der Waals surface area contributed by atoms with Crippen LogP contribution in [0.15, 0.2) is 77.5 Å². The van der Waals surface area contributed by atoms with E-state index >= 15 is 0 Å². The summed E-state index contributed by atoms with van der Waals surface area (Å²) in [5, 5.41) is 0. The van der Waals surface area contributed by atoms with Crippen molar-refractivity contribution in [3.05, 3.63) is 83.6 Å². The van der Waals surface area contributed by atoms with Crippen LogP contribution in [0.2, 0.25) is 0 Å². The van der Waals surface area contributed by atoms with Gasteiger partial charge in [-0.2, -0.15) is 0 Å². The number of aryl methyl sites for hydroxylation is 1. The van der Waals surface area contributed by atoms with Gasteiger partial charge in [-0.05, 0) is 48.3 Å². The number of allylic oxidation sites excluding steroid dienone is 5. The van der Waals surface area contributed by atoms with E-state index in [9.17, 15) is 0 Å². The lowest BCUT2D eigenvalue weighted by atomic mass is 10.1. The highest BCUT2D eigenvalue weighted by Crippen LogP contribution is 2.30. The molecule has 0 atom stereocenters. The molecular formula is C21H23N. The summed E-state index contributed by atoms with van der Waals surface area (Å²) in [4.78, 5) is 4.60. The van der Waals surface area contributed by atoms with Crippen LogP contribution in [0.5, 0.6) is 0 Å². The number of nitrogens with zero attached hydrogens (tertiary/aromatic N) is 1. The van der Waals surface area contributed by atoms with Crippen LogP contribution in [0.3, 0.4) is 0 Å². The van der Waals surface area contributed by atoms with Gasteiger partial charge in [0, 0.05) is 11.8 Å². The SMILES string of the molecule is CC.Cc1cc(C=NC2=CC=CCC=C2)c2cccccc1-2. The number of fused-ring (bicyclic) bond motifs is 1. The minimum Gasteiger partial charge on any atom is -0.256 e. The van der Waals surface area contributed by atoms with E-state index in [4.69, 9.17) is 0 Å². The lowest BCUT2D eigenvalue weighted by Crippen LogP contribution is -1.81. The van der Waals surface area contributed by atoms with Crippen molar-refractivity contribution < 1.29 is 0 Å². The third-order valence-electron chi connectivity index (χ3n) is 3.46. The molecule has 1 heteroatoms. The van der Waals surface area contributed by atoms with Crippen LogP contribution >= 0.6 is 0 Å². The van der Waals surface area contributed by atoms with E-state index in [0.717, 1.165) is 12.1 Å². The molecule has 0 heterocycles. The van der Waals surface area contributed by atoms with Gasteiger partial charge in [-0.3, -0.25) is 4.99 Å². The predicted octanol–water partition coefficient (Wildman–Crippen LogP) is 5.94. The molecule has 112 valence electrons. The predicted molar refractivity (Wildman–Crippen MR) is 97.7 cm³/mol. The average molecular weight is 289 g/mol. The largest absolute Gasteiger partial charge is 0.256 e. The Bertz CT molecular complexity index is 702. The highest BCUT2D eigenvalue weighted by Gasteiger charge is 2.09. The fraction of sp³-hybridized carbons (Fsp3) is 0.190. The molecule has 0 amide bonds.